The molecule has 118 heavy (non-hydrogen) atoms. The van der Waals surface area contributed by atoms with Crippen molar-refractivity contribution in [3.05, 3.63) is 437 Å². The topological polar surface area (TPSA) is 26.1 Å². The van der Waals surface area contributed by atoms with E-state index in [-0.39, 0.29) is 0 Å². The van der Waals surface area contributed by atoms with Crippen molar-refractivity contribution < 1.29 is 4.42 Å². The summed E-state index contributed by atoms with van der Waals surface area (Å²) in [6, 6.07) is 158. The molecule has 0 N–H and O–H groups in total. The van der Waals surface area contributed by atoms with Crippen LogP contribution in [0.2, 0.25) is 0 Å². The van der Waals surface area contributed by atoms with Gasteiger partial charge in [-0.05, 0) is 201 Å². The summed E-state index contributed by atoms with van der Waals surface area (Å²) in [5, 5.41) is 15.1. The Balaban J connectivity index is 0.000000142. The Morgan fingerprint density at radius 3 is 1.03 bits per heavy atom. The molecule has 0 saturated heterocycles. The van der Waals surface area contributed by atoms with Crippen molar-refractivity contribution in [3.8, 4) is 33.4 Å². The van der Waals surface area contributed by atoms with Crippen molar-refractivity contribution in [2.45, 2.75) is 0 Å². The van der Waals surface area contributed by atoms with Crippen LogP contribution in [0.1, 0.15) is 0 Å². The summed E-state index contributed by atoms with van der Waals surface area (Å²) in [4.78, 5) is 9.53. The summed E-state index contributed by atoms with van der Waals surface area (Å²) in [5.74, 6) is 0. The fraction of sp³-hybridized carbons (Fsp3) is 0. The number of furan rings is 1. The standard InChI is InChI=1S/C56H36N2S2.C54H36N2OS/c1-3-19-40(20-4-1)57(49-35-38-17-7-9-24-44(38)53-46-26-12-15-29-51(46)59-55(49)53)42-33-31-37(32-34-42)43-23-11-14-28-48(43)58(41-21-5-2-6-22-41)50-36-39-18-8-10-25-45(39)54-47-27-13-16-30-52(47)60-56(50)54;1-3-11-41(12-4-1)55(45-31-33-48-47-15-7-9-17-51(47)57-52(48)35-45)43-27-23-39(24-28-43)37-19-21-38(22-20-37)40-25-29-44(30-26-40)56(42-13-5-2-6-14-42)46-32-34-50-49-16-8-10-18-53(49)58-54(50)36-46/h1-36H;1-36H. The highest BCUT2D eigenvalue weighted by Gasteiger charge is 2.26. The fourth-order valence-electron chi connectivity index (χ4n) is 17.4. The van der Waals surface area contributed by atoms with Gasteiger partial charge in [0.25, 0.3) is 0 Å². The molecule has 19 aromatic carbocycles. The van der Waals surface area contributed by atoms with E-state index in [0.29, 0.717) is 0 Å². The van der Waals surface area contributed by atoms with Crippen molar-refractivity contribution in [1.29, 1.82) is 0 Å². The Labute approximate surface area is 695 Å². The third-order valence-electron chi connectivity index (χ3n) is 22.9. The maximum Gasteiger partial charge on any atom is 0.137 e. The molecular weight excluding hydrogens is 1490 g/mol. The van der Waals surface area contributed by atoms with E-state index in [1.165, 1.54) is 121 Å². The smallest absolute Gasteiger partial charge is 0.137 e. The third kappa shape index (κ3) is 12.6. The molecule has 0 aliphatic rings. The second kappa shape index (κ2) is 30.0. The predicted octanol–water partition coefficient (Wildman–Crippen LogP) is 33.6. The fourth-order valence-corrected chi connectivity index (χ4v) is 20.9. The molecule has 0 aliphatic carbocycles. The van der Waals surface area contributed by atoms with Crippen LogP contribution in [0.4, 0.5) is 68.2 Å². The van der Waals surface area contributed by atoms with Gasteiger partial charge in [-0.15, -0.1) is 34.0 Å². The van der Waals surface area contributed by atoms with Crippen LogP contribution < -0.4 is 19.6 Å². The average molecular weight is 1560 g/mol. The number of hydrogen-bond donors (Lipinski definition) is 0. The lowest BCUT2D eigenvalue weighted by Gasteiger charge is -2.29. The number of nitrogens with zero attached hydrogens (tertiary/aromatic N) is 4. The summed E-state index contributed by atoms with van der Waals surface area (Å²) >= 11 is 5.61. The zero-order valence-electron chi connectivity index (χ0n) is 64.0. The molecule has 0 unspecified atom stereocenters. The number of benzene rings is 19. The van der Waals surface area contributed by atoms with Gasteiger partial charge in [0.1, 0.15) is 11.2 Å². The number of rotatable bonds is 15. The Morgan fingerprint density at radius 2 is 0.508 bits per heavy atom. The third-order valence-corrected chi connectivity index (χ3v) is 26.4. The highest BCUT2D eigenvalue weighted by atomic mass is 32.1. The Kier molecular flexibility index (Phi) is 17.8. The molecule has 0 radical (unpaired) electrons. The van der Waals surface area contributed by atoms with Crippen LogP contribution in [0.3, 0.4) is 0 Å². The second-order valence-corrected chi connectivity index (χ2v) is 33.0. The summed E-state index contributed by atoms with van der Waals surface area (Å²) < 4.78 is 14.1. The van der Waals surface area contributed by atoms with Crippen LogP contribution in [-0.2, 0) is 0 Å². The van der Waals surface area contributed by atoms with Crippen LogP contribution in [0.25, 0.3) is 137 Å². The number of para-hydroxylation sites is 6. The van der Waals surface area contributed by atoms with E-state index >= 15 is 0 Å². The summed E-state index contributed by atoms with van der Waals surface area (Å²) in [7, 11) is 0. The van der Waals surface area contributed by atoms with Crippen LogP contribution in [-0.4, -0.2) is 0 Å². The SMILES string of the molecule is c1ccc(N(c2ccc(-c3ccc(-c4ccc(N(c5ccccc5)c5ccc6c(c5)sc5ccccc56)cc4)cc3)cc2)c2ccc3c(c2)oc2ccccc23)cc1.c1ccc(N(c2ccc(-c3ccccc3N(c3ccccc3)c3cc4ccccc4c4c3sc3ccccc34)cc2)c2cc3ccccc3c3c2sc2ccccc23)cc1. The van der Waals surface area contributed by atoms with Gasteiger partial charge in [-0.1, -0.05) is 279 Å². The Bertz CT molecular complexity index is 7450. The van der Waals surface area contributed by atoms with Gasteiger partial charge >= 0.3 is 0 Å². The molecule has 0 amide bonds. The molecule has 8 heteroatoms. The molecule has 0 aliphatic heterocycles. The molecule has 5 nitrogen and oxygen atoms in total. The van der Waals surface area contributed by atoms with Gasteiger partial charge in [-0.2, -0.15) is 0 Å². The van der Waals surface area contributed by atoms with E-state index < -0.39 is 0 Å². The molecular formula is C110H72N4OS3. The van der Waals surface area contributed by atoms with Crippen molar-refractivity contribution in [2.24, 2.45) is 0 Å². The predicted molar refractivity (Wildman–Crippen MR) is 509 cm³/mol. The van der Waals surface area contributed by atoms with Crippen LogP contribution in [0.15, 0.2) is 441 Å². The van der Waals surface area contributed by atoms with E-state index in [0.717, 1.165) is 84.4 Å². The van der Waals surface area contributed by atoms with E-state index in [1.807, 2.05) is 46.1 Å². The lowest BCUT2D eigenvalue weighted by atomic mass is 9.99. The highest BCUT2D eigenvalue weighted by Crippen LogP contribution is 2.53. The molecule has 4 aromatic heterocycles. The van der Waals surface area contributed by atoms with Crippen LogP contribution in [0, 0.1) is 0 Å². The van der Waals surface area contributed by atoms with E-state index in [1.54, 1.807) is 0 Å². The average Bonchev–Trinajstić information content (AvgIpc) is 1.54. The molecule has 0 saturated carbocycles. The number of hydrogen-bond acceptors (Lipinski definition) is 8. The first-order chi connectivity index (χ1) is 58.5. The first kappa shape index (κ1) is 70.0. The summed E-state index contributed by atoms with van der Waals surface area (Å²) in [6.07, 6.45) is 0. The van der Waals surface area contributed by atoms with Gasteiger partial charge < -0.3 is 24.0 Å². The van der Waals surface area contributed by atoms with Gasteiger partial charge in [0.2, 0.25) is 0 Å². The van der Waals surface area contributed by atoms with Crippen molar-refractivity contribution in [1.82, 2.24) is 0 Å². The minimum atomic E-state index is 0.879. The first-order valence-electron chi connectivity index (χ1n) is 39.9. The number of fused-ring (bicyclic) bond motifs is 16. The minimum absolute atomic E-state index is 0.879. The summed E-state index contributed by atoms with van der Waals surface area (Å²) in [5.41, 5.74) is 22.3. The van der Waals surface area contributed by atoms with Gasteiger partial charge in [0.15, 0.2) is 0 Å². The van der Waals surface area contributed by atoms with E-state index in [4.69, 9.17) is 4.42 Å². The van der Waals surface area contributed by atoms with E-state index in [9.17, 15) is 0 Å². The van der Waals surface area contributed by atoms with Crippen LogP contribution >= 0.6 is 34.0 Å². The van der Waals surface area contributed by atoms with Crippen molar-refractivity contribution >= 4 is 206 Å². The molecule has 556 valence electrons. The second-order valence-electron chi connectivity index (χ2n) is 29.8. The van der Waals surface area contributed by atoms with Gasteiger partial charge in [0, 0.05) is 125 Å². The zero-order valence-corrected chi connectivity index (χ0v) is 66.4. The summed E-state index contributed by atoms with van der Waals surface area (Å²) in [6.45, 7) is 0. The minimum Gasteiger partial charge on any atom is -0.456 e. The number of anilines is 12. The van der Waals surface area contributed by atoms with Gasteiger partial charge in [-0.25, -0.2) is 0 Å². The lowest BCUT2D eigenvalue weighted by molar-refractivity contribution is 0.669. The van der Waals surface area contributed by atoms with Crippen LogP contribution in [0.5, 0.6) is 0 Å². The molecule has 0 bridgehead atoms. The Morgan fingerprint density at radius 1 is 0.178 bits per heavy atom. The molecule has 0 spiro atoms. The molecule has 23 aromatic rings. The molecule has 23 rings (SSSR count). The molecule has 0 atom stereocenters. The first-order valence-corrected chi connectivity index (χ1v) is 42.4. The van der Waals surface area contributed by atoms with Gasteiger partial charge in [0.05, 0.1) is 26.5 Å². The van der Waals surface area contributed by atoms with Gasteiger partial charge in [-0.3, -0.25) is 0 Å². The van der Waals surface area contributed by atoms with Crippen molar-refractivity contribution in [2.75, 3.05) is 19.6 Å². The molecule has 4 heterocycles. The zero-order chi connectivity index (χ0) is 78.0. The molecule has 0 fully saturated rings. The lowest BCUT2D eigenvalue weighted by Crippen LogP contribution is -2.12. The quantitative estimate of drug-likeness (QED) is 0.102. The maximum atomic E-state index is 6.28. The Hall–Kier alpha value is -14.6. The number of thiophene rings is 3. The normalized spacial score (nSPS) is 11.6. The van der Waals surface area contributed by atoms with E-state index in [2.05, 4.69) is 444 Å². The highest BCUT2D eigenvalue weighted by molar-refractivity contribution is 7.27. The largest absolute Gasteiger partial charge is 0.456 e. The monoisotopic (exact) mass is 1560 g/mol. The van der Waals surface area contributed by atoms with Crippen molar-refractivity contribution in [3.63, 3.8) is 0 Å². The maximum absolute atomic E-state index is 6.28.